The van der Waals surface area contributed by atoms with Gasteiger partial charge in [0.15, 0.2) is 0 Å². The van der Waals surface area contributed by atoms with E-state index in [9.17, 15) is 0 Å². The van der Waals surface area contributed by atoms with Gasteiger partial charge in [0.05, 0.1) is 17.1 Å². The highest BCUT2D eigenvalue weighted by Crippen LogP contribution is 2.51. The Morgan fingerprint density at radius 3 is 2.51 bits per heavy atom. The SMILES string of the molecule is CC/C(=C\C=C/Cc1ccccc1)n1c2ccccc2c2cc(C3=CC=CC4c5ccccc5N(C5=CC=CCC5)C34)ccc21. The molecule has 0 N–H and O–H groups in total. The average Bonchev–Trinajstić information content (AvgIpc) is 3.62. The van der Waals surface area contributed by atoms with E-state index in [4.69, 9.17) is 0 Å². The van der Waals surface area contributed by atoms with Gasteiger partial charge in [-0.05, 0) is 84.4 Å². The molecule has 2 atom stereocenters. The third-order valence-corrected chi connectivity index (χ3v) is 9.66. The number of nitrogens with zero attached hydrogens (tertiary/aromatic N) is 2. The molecule has 4 aromatic carbocycles. The maximum atomic E-state index is 2.63. The van der Waals surface area contributed by atoms with E-state index in [0.717, 1.165) is 25.7 Å². The Morgan fingerprint density at radius 1 is 0.822 bits per heavy atom. The lowest BCUT2D eigenvalue weighted by molar-refractivity contribution is 0.715. The van der Waals surface area contributed by atoms with Crippen LogP contribution < -0.4 is 4.90 Å². The second-order valence-electron chi connectivity index (χ2n) is 12.2. The molecule has 2 nitrogen and oxygen atoms in total. The van der Waals surface area contributed by atoms with Gasteiger partial charge >= 0.3 is 0 Å². The lowest BCUT2D eigenvalue weighted by Gasteiger charge is -2.35. The molecule has 1 aliphatic heterocycles. The van der Waals surface area contributed by atoms with Gasteiger partial charge in [-0.1, -0.05) is 122 Å². The quantitative estimate of drug-likeness (QED) is 0.173. The van der Waals surface area contributed by atoms with E-state index in [-0.39, 0.29) is 6.04 Å². The van der Waals surface area contributed by atoms with Gasteiger partial charge in [0.1, 0.15) is 0 Å². The van der Waals surface area contributed by atoms with Crippen LogP contribution in [-0.2, 0) is 6.42 Å². The lowest BCUT2D eigenvalue weighted by Crippen LogP contribution is -2.35. The fraction of sp³-hybridized carbons (Fsp3) is 0.163. The molecule has 0 radical (unpaired) electrons. The smallest absolute Gasteiger partial charge is 0.0698 e. The van der Waals surface area contributed by atoms with E-state index in [1.54, 1.807) is 0 Å². The fourth-order valence-corrected chi connectivity index (χ4v) is 7.59. The molecule has 0 spiro atoms. The van der Waals surface area contributed by atoms with Crippen molar-refractivity contribution in [3.05, 3.63) is 174 Å². The molecule has 0 saturated carbocycles. The van der Waals surface area contributed by atoms with Gasteiger partial charge in [-0.3, -0.25) is 0 Å². The number of para-hydroxylation sites is 2. The van der Waals surface area contributed by atoms with Gasteiger partial charge in [-0.2, -0.15) is 0 Å². The summed E-state index contributed by atoms with van der Waals surface area (Å²) in [7, 11) is 0. The minimum Gasteiger partial charge on any atom is -0.336 e. The number of anilines is 1. The zero-order chi connectivity index (χ0) is 30.2. The second kappa shape index (κ2) is 11.8. The van der Waals surface area contributed by atoms with E-state index in [1.165, 1.54) is 61.2 Å². The van der Waals surface area contributed by atoms with E-state index in [1.807, 2.05) is 0 Å². The van der Waals surface area contributed by atoms with Crippen molar-refractivity contribution >= 4 is 38.8 Å². The van der Waals surface area contributed by atoms with Gasteiger partial charge in [0.25, 0.3) is 0 Å². The first kappa shape index (κ1) is 27.5. The van der Waals surface area contributed by atoms with Crippen molar-refractivity contribution in [1.29, 1.82) is 0 Å². The fourth-order valence-electron chi connectivity index (χ4n) is 7.59. The van der Waals surface area contributed by atoms with Gasteiger partial charge in [0, 0.05) is 33.8 Å². The largest absolute Gasteiger partial charge is 0.336 e. The molecule has 2 unspecified atom stereocenters. The summed E-state index contributed by atoms with van der Waals surface area (Å²) in [4.78, 5) is 2.63. The summed E-state index contributed by atoms with van der Waals surface area (Å²) >= 11 is 0. The van der Waals surface area contributed by atoms with E-state index < -0.39 is 0 Å². The van der Waals surface area contributed by atoms with Crippen molar-refractivity contribution in [2.24, 2.45) is 0 Å². The Morgan fingerprint density at radius 2 is 1.64 bits per heavy atom. The molecular weight excluding hydrogens is 544 g/mol. The van der Waals surface area contributed by atoms with E-state index in [0.29, 0.717) is 5.92 Å². The Labute approximate surface area is 266 Å². The highest BCUT2D eigenvalue weighted by atomic mass is 15.2. The molecule has 2 heterocycles. The zero-order valence-corrected chi connectivity index (χ0v) is 25.8. The van der Waals surface area contributed by atoms with Gasteiger partial charge in [-0.15, -0.1) is 0 Å². The minimum atomic E-state index is 0.247. The Bertz CT molecular complexity index is 2080. The van der Waals surface area contributed by atoms with Crippen molar-refractivity contribution in [1.82, 2.24) is 4.57 Å². The van der Waals surface area contributed by atoms with Crippen LogP contribution in [0.3, 0.4) is 0 Å². The molecule has 8 rings (SSSR count). The maximum absolute atomic E-state index is 2.63. The van der Waals surface area contributed by atoms with Crippen LogP contribution in [0, 0.1) is 0 Å². The van der Waals surface area contributed by atoms with Gasteiger partial charge in [0.2, 0.25) is 0 Å². The normalized spacial score (nSPS) is 19.3. The number of hydrogen-bond donors (Lipinski definition) is 0. The zero-order valence-electron chi connectivity index (χ0n) is 25.8. The van der Waals surface area contributed by atoms with E-state index in [2.05, 4.69) is 168 Å². The molecule has 3 aliphatic rings. The predicted octanol–water partition coefficient (Wildman–Crippen LogP) is 11.0. The van der Waals surface area contributed by atoms with Crippen LogP contribution in [-0.4, -0.2) is 10.6 Å². The molecule has 0 bridgehead atoms. The minimum absolute atomic E-state index is 0.247. The summed E-state index contributed by atoms with van der Waals surface area (Å²) in [5, 5.41) is 2.61. The Hall–Kier alpha value is -5.08. The maximum Gasteiger partial charge on any atom is 0.0698 e. The molecule has 45 heavy (non-hydrogen) atoms. The molecule has 220 valence electrons. The van der Waals surface area contributed by atoms with Gasteiger partial charge < -0.3 is 9.47 Å². The van der Waals surface area contributed by atoms with Crippen molar-refractivity contribution in [2.75, 3.05) is 4.90 Å². The summed E-state index contributed by atoms with van der Waals surface area (Å²) in [6.07, 6.45) is 24.7. The summed E-state index contributed by atoms with van der Waals surface area (Å²) in [6, 6.07) is 36.0. The van der Waals surface area contributed by atoms with Crippen LogP contribution in [0.2, 0.25) is 0 Å². The highest BCUT2D eigenvalue weighted by Gasteiger charge is 2.42. The molecule has 0 saturated heterocycles. The number of aromatic nitrogens is 1. The molecule has 5 aromatic rings. The standard InChI is InChI=1S/C43H38N2/c1-2-33(19-10-9-18-31-16-5-3-6-17-31)44-40-26-13-12-23-37(40)39-30-32(28-29-42(39)44)35-24-15-25-38-36-22-11-14-27-41(36)45(43(35)38)34-20-7-4-8-21-34/h3-7,9-17,19-20,22-30,38,43H,2,8,18,21H2,1H3/b10-9-,33-19+. The predicted molar refractivity (Wildman–Crippen MR) is 192 cm³/mol. The van der Waals surface area contributed by atoms with Crippen LogP contribution in [0.25, 0.3) is 33.1 Å². The number of fused-ring (bicyclic) bond motifs is 6. The Balaban J connectivity index is 1.21. The summed E-state index contributed by atoms with van der Waals surface area (Å²) in [5.41, 5.74) is 12.0. The topological polar surface area (TPSA) is 8.17 Å². The van der Waals surface area contributed by atoms with Crippen LogP contribution in [0.1, 0.15) is 48.8 Å². The second-order valence-corrected chi connectivity index (χ2v) is 12.2. The summed E-state index contributed by atoms with van der Waals surface area (Å²) in [5.74, 6) is 0.336. The number of rotatable bonds is 7. The first-order chi connectivity index (χ1) is 22.3. The van der Waals surface area contributed by atoms with E-state index >= 15 is 0 Å². The number of benzene rings is 4. The van der Waals surface area contributed by atoms with Crippen LogP contribution in [0.15, 0.2) is 157 Å². The van der Waals surface area contributed by atoms with Crippen LogP contribution in [0.4, 0.5) is 5.69 Å². The van der Waals surface area contributed by atoms with Crippen LogP contribution >= 0.6 is 0 Å². The van der Waals surface area contributed by atoms with Crippen molar-refractivity contribution in [3.63, 3.8) is 0 Å². The number of hydrogen-bond acceptors (Lipinski definition) is 1. The van der Waals surface area contributed by atoms with Crippen molar-refractivity contribution in [3.8, 4) is 0 Å². The molecule has 2 aliphatic carbocycles. The van der Waals surface area contributed by atoms with Crippen molar-refractivity contribution < 1.29 is 0 Å². The molecule has 0 amide bonds. The molecule has 2 heteroatoms. The lowest BCUT2D eigenvalue weighted by atomic mass is 9.82. The highest BCUT2D eigenvalue weighted by molar-refractivity contribution is 6.11. The summed E-state index contributed by atoms with van der Waals surface area (Å²) in [6.45, 7) is 2.26. The summed E-state index contributed by atoms with van der Waals surface area (Å²) < 4.78 is 2.47. The third kappa shape index (κ3) is 4.82. The number of allylic oxidation sites excluding steroid dienone is 10. The third-order valence-electron chi connectivity index (χ3n) is 9.66. The van der Waals surface area contributed by atoms with Crippen molar-refractivity contribution in [2.45, 2.75) is 44.6 Å². The average molecular weight is 583 g/mol. The van der Waals surface area contributed by atoms with Crippen LogP contribution in [0.5, 0.6) is 0 Å². The molecular formula is C43H38N2. The van der Waals surface area contributed by atoms with Gasteiger partial charge in [-0.25, -0.2) is 0 Å². The first-order valence-corrected chi connectivity index (χ1v) is 16.4. The Kier molecular flexibility index (Phi) is 7.19. The molecule has 0 fully saturated rings. The monoisotopic (exact) mass is 582 g/mol. The molecule has 1 aromatic heterocycles. The first-order valence-electron chi connectivity index (χ1n) is 16.4.